The largest absolute Gasteiger partial charge is 0.484 e. The van der Waals surface area contributed by atoms with E-state index >= 15 is 0 Å². The summed E-state index contributed by atoms with van der Waals surface area (Å²) in [7, 11) is -3.88. The first-order valence-electron chi connectivity index (χ1n) is 6.31. The van der Waals surface area contributed by atoms with E-state index in [4.69, 9.17) is 4.74 Å². The van der Waals surface area contributed by atoms with Gasteiger partial charge in [-0.3, -0.25) is 10.2 Å². The molecule has 2 aromatic carbocycles. The van der Waals surface area contributed by atoms with Gasteiger partial charge in [0, 0.05) is 4.47 Å². The number of carbonyl (C=O) groups is 1. The zero-order chi connectivity index (χ0) is 16.9. The van der Waals surface area contributed by atoms with Crippen molar-refractivity contribution in [1.29, 1.82) is 0 Å². The van der Waals surface area contributed by atoms with Crippen molar-refractivity contribution in [3.05, 3.63) is 58.8 Å². The second kappa shape index (κ2) is 7.53. The minimum atomic E-state index is -3.88. The van der Waals surface area contributed by atoms with E-state index in [1.54, 1.807) is 12.1 Å². The Bertz CT molecular complexity index is 797. The van der Waals surface area contributed by atoms with Crippen molar-refractivity contribution in [2.45, 2.75) is 4.90 Å². The smallest absolute Gasteiger partial charge is 0.272 e. The molecular weight excluding hydrogens is 391 g/mol. The number of halogens is 2. The van der Waals surface area contributed by atoms with Crippen molar-refractivity contribution in [3.63, 3.8) is 0 Å². The van der Waals surface area contributed by atoms with Crippen molar-refractivity contribution < 1.29 is 22.3 Å². The molecule has 0 fully saturated rings. The number of hydrogen-bond donors (Lipinski definition) is 2. The molecule has 2 rings (SSSR count). The summed E-state index contributed by atoms with van der Waals surface area (Å²) in [5.74, 6) is -0.840. The normalized spacial score (nSPS) is 11.0. The highest BCUT2D eigenvalue weighted by atomic mass is 79.9. The van der Waals surface area contributed by atoms with Crippen LogP contribution in [0.5, 0.6) is 5.75 Å². The third-order valence-corrected chi connectivity index (χ3v) is 4.35. The van der Waals surface area contributed by atoms with Crippen molar-refractivity contribution in [2.24, 2.45) is 0 Å². The van der Waals surface area contributed by atoms with Crippen molar-refractivity contribution >= 4 is 31.9 Å². The van der Waals surface area contributed by atoms with Gasteiger partial charge in [-0.05, 0) is 42.5 Å². The lowest BCUT2D eigenvalue weighted by molar-refractivity contribution is -0.123. The monoisotopic (exact) mass is 402 g/mol. The summed E-state index contributed by atoms with van der Waals surface area (Å²) in [6, 6.07) is 11.1. The molecule has 0 radical (unpaired) electrons. The molecule has 23 heavy (non-hydrogen) atoms. The Labute approximate surface area is 140 Å². The van der Waals surface area contributed by atoms with Crippen LogP contribution < -0.4 is 15.0 Å². The minimum Gasteiger partial charge on any atom is -0.484 e. The van der Waals surface area contributed by atoms with Gasteiger partial charge >= 0.3 is 0 Å². The summed E-state index contributed by atoms with van der Waals surface area (Å²) in [4.78, 5) is 13.5. The van der Waals surface area contributed by atoms with Gasteiger partial charge in [-0.1, -0.05) is 22.0 Å². The standard InChI is InChI=1S/C14H12BrFN2O4S/c15-10-2-1-3-13(8-10)23(20,21)18-17-14(19)9-22-12-6-4-11(16)5-7-12/h1-8,18H,9H2,(H,17,19). The van der Waals surface area contributed by atoms with E-state index in [1.165, 1.54) is 36.4 Å². The second-order valence-corrected chi connectivity index (χ2v) is 6.95. The first-order chi connectivity index (χ1) is 10.9. The first-order valence-corrected chi connectivity index (χ1v) is 8.59. The molecule has 2 aromatic rings. The number of sulfonamides is 1. The molecule has 0 aromatic heterocycles. The fourth-order valence-electron chi connectivity index (χ4n) is 1.53. The average Bonchev–Trinajstić information content (AvgIpc) is 2.52. The molecule has 0 aliphatic carbocycles. The molecule has 0 aliphatic rings. The molecule has 0 saturated carbocycles. The zero-order valence-electron chi connectivity index (χ0n) is 11.6. The van der Waals surface area contributed by atoms with Gasteiger partial charge in [-0.15, -0.1) is 4.83 Å². The number of nitrogens with one attached hydrogen (secondary N) is 2. The fraction of sp³-hybridized carbons (Fsp3) is 0.0714. The molecule has 0 saturated heterocycles. The van der Waals surface area contributed by atoms with Crippen molar-refractivity contribution in [2.75, 3.05) is 6.61 Å². The fourth-order valence-corrected chi connectivity index (χ4v) is 2.99. The third-order valence-electron chi connectivity index (χ3n) is 2.61. The van der Waals surface area contributed by atoms with Crippen molar-refractivity contribution in [3.8, 4) is 5.75 Å². The molecule has 0 heterocycles. The van der Waals surface area contributed by atoms with Crippen LogP contribution in [-0.4, -0.2) is 20.9 Å². The summed E-state index contributed by atoms with van der Waals surface area (Å²) in [6.07, 6.45) is 0. The van der Waals surface area contributed by atoms with Gasteiger partial charge < -0.3 is 4.74 Å². The predicted octanol–water partition coefficient (Wildman–Crippen LogP) is 1.98. The van der Waals surface area contributed by atoms with E-state index in [-0.39, 0.29) is 10.6 Å². The van der Waals surface area contributed by atoms with Crippen molar-refractivity contribution in [1.82, 2.24) is 10.3 Å². The zero-order valence-corrected chi connectivity index (χ0v) is 14.0. The summed E-state index contributed by atoms with van der Waals surface area (Å²) >= 11 is 3.16. The van der Waals surface area contributed by atoms with E-state index in [0.29, 0.717) is 4.47 Å². The first kappa shape index (κ1) is 17.4. The van der Waals surface area contributed by atoms with Crippen LogP contribution in [0.15, 0.2) is 57.9 Å². The maximum Gasteiger partial charge on any atom is 0.272 e. The van der Waals surface area contributed by atoms with Crippen LogP contribution in [-0.2, 0) is 14.8 Å². The van der Waals surface area contributed by atoms with Gasteiger partial charge in [-0.2, -0.15) is 0 Å². The van der Waals surface area contributed by atoms with Crippen LogP contribution >= 0.6 is 15.9 Å². The number of ether oxygens (including phenoxy) is 1. The van der Waals surface area contributed by atoms with Crippen LogP contribution in [0, 0.1) is 5.82 Å². The van der Waals surface area contributed by atoms with Crippen LogP contribution in [0.2, 0.25) is 0 Å². The minimum absolute atomic E-state index is 0.00775. The number of rotatable bonds is 6. The highest BCUT2D eigenvalue weighted by molar-refractivity contribution is 9.10. The maximum absolute atomic E-state index is 12.7. The Hall–Kier alpha value is -1.97. The van der Waals surface area contributed by atoms with Crippen LogP contribution in [0.4, 0.5) is 4.39 Å². The van der Waals surface area contributed by atoms with Crippen LogP contribution in [0.3, 0.4) is 0 Å². The highest BCUT2D eigenvalue weighted by Gasteiger charge is 2.15. The van der Waals surface area contributed by atoms with E-state index in [2.05, 4.69) is 15.9 Å². The maximum atomic E-state index is 12.7. The molecule has 122 valence electrons. The summed E-state index contributed by atoms with van der Waals surface area (Å²) < 4.78 is 42.3. The lowest BCUT2D eigenvalue weighted by atomic mass is 10.3. The second-order valence-electron chi connectivity index (χ2n) is 4.35. The van der Waals surface area contributed by atoms with Gasteiger partial charge in [0.25, 0.3) is 15.9 Å². The molecule has 0 spiro atoms. The summed E-state index contributed by atoms with van der Waals surface area (Å²) in [5.41, 5.74) is 2.03. The lowest BCUT2D eigenvalue weighted by Crippen LogP contribution is -2.43. The van der Waals surface area contributed by atoms with Crippen LogP contribution in [0.25, 0.3) is 0 Å². The molecule has 0 bridgehead atoms. The van der Waals surface area contributed by atoms with Gasteiger partial charge in [0.2, 0.25) is 0 Å². The molecular formula is C14H12BrFN2O4S. The predicted molar refractivity (Wildman–Crippen MR) is 84.5 cm³/mol. The Morgan fingerprint density at radius 1 is 1.17 bits per heavy atom. The number of benzene rings is 2. The molecule has 0 unspecified atom stereocenters. The topological polar surface area (TPSA) is 84.5 Å². The number of amides is 1. The molecule has 9 heteroatoms. The Balaban J connectivity index is 1.87. The molecule has 1 amide bonds. The summed E-state index contributed by atoms with van der Waals surface area (Å²) in [5, 5.41) is 0. The lowest BCUT2D eigenvalue weighted by Gasteiger charge is -2.09. The van der Waals surface area contributed by atoms with Gasteiger partial charge in [-0.25, -0.2) is 12.8 Å². The van der Waals surface area contributed by atoms with E-state index in [9.17, 15) is 17.6 Å². The van der Waals surface area contributed by atoms with Gasteiger partial charge in [0.15, 0.2) is 6.61 Å². The highest BCUT2D eigenvalue weighted by Crippen LogP contribution is 2.15. The third kappa shape index (κ3) is 5.31. The van der Waals surface area contributed by atoms with E-state index < -0.39 is 28.4 Å². The summed E-state index contributed by atoms with van der Waals surface area (Å²) in [6.45, 7) is -0.424. The Morgan fingerprint density at radius 2 is 1.87 bits per heavy atom. The van der Waals surface area contributed by atoms with Gasteiger partial charge in [0.1, 0.15) is 11.6 Å². The number of hydrogen-bond acceptors (Lipinski definition) is 4. The average molecular weight is 403 g/mol. The molecule has 0 atom stereocenters. The van der Waals surface area contributed by atoms with E-state index in [0.717, 1.165) is 0 Å². The van der Waals surface area contributed by atoms with Gasteiger partial charge in [0.05, 0.1) is 4.90 Å². The quantitative estimate of drug-likeness (QED) is 0.723. The molecule has 6 nitrogen and oxygen atoms in total. The SMILES string of the molecule is O=C(COc1ccc(F)cc1)NNS(=O)(=O)c1cccc(Br)c1. The number of hydrazine groups is 1. The molecule has 2 N–H and O–H groups in total. The number of carbonyl (C=O) groups excluding carboxylic acids is 1. The Kier molecular flexibility index (Phi) is 5.69. The van der Waals surface area contributed by atoms with E-state index in [1.807, 2.05) is 10.3 Å². The van der Waals surface area contributed by atoms with Crippen LogP contribution in [0.1, 0.15) is 0 Å². The Morgan fingerprint density at radius 3 is 2.52 bits per heavy atom. The molecule has 0 aliphatic heterocycles.